The van der Waals surface area contributed by atoms with Crippen molar-refractivity contribution >= 4 is 11.9 Å². The highest BCUT2D eigenvalue weighted by atomic mass is 16.4. The summed E-state index contributed by atoms with van der Waals surface area (Å²) in [6, 6.07) is 0.425. The maximum Gasteiger partial charge on any atom is 0.414 e. The topological polar surface area (TPSA) is 113 Å². The molecule has 0 spiro atoms. The zero-order valence-electron chi connectivity index (χ0n) is 7.19. The van der Waals surface area contributed by atoms with E-state index in [4.69, 9.17) is 25.5 Å². The van der Waals surface area contributed by atoms with Gasteiger partial charge in [0.15, 0.2) is 0 Å². The van der Waals surface area contributed by atoms with Crippen LogP contribution in [0.2, 0.25) is 0 Å². The molecule has 0 aromatic rings. The molecule has 0 radical (unpaired) electrons. The van der Waals surface area contributed by atoms with Gasteiger partial charge in [0.25, 0.3) is 0 Å². The van der Waals surface area contributed by atoms with Gasteiger partial charge in [-0.15, -0.1) is 0 Å². The van der Waals surface area contributed by atoms with Crippen molar-refractivity contribution < 1.29 is 19.8 Å². The minimum atomic E-state index is -1.82. The van der Waals surface area contributed by atoms with Crippen molar-refractivity contribution in [2.75, 3.05) is 13.1 Å². The second-order valence-corrected chi connectivity index (χ2v) is 2.72. The number of nitrogens with two attached hydrogens (primary N) is 1. The van der Waals surface area contributed by atoms with Crippen LogP contribution in [-0.2, 0) is 9.59 Å². The number of nitrogens with one attached hydrogen (secondary N) is 1. The van der Waals surface area contributed by atoms with E-state index >= 15 is 0 Å². The van der Waals surface area contributed by atoms with Crippen molar-refractivity contribution in [3.8, 4) is 0 Å². The first-order valence-corrected chi connectivity index (χ1v) is 3.96. The Morgan fingerprint density at radius 3 is 2.00 bits per heavy atom. The number of hydrogen-bond acceptors (Lipinski definition) is 4. The van der Waals surface area contributed by atoms with E-state index in [2.05, 4.69) is 5.32 Å². The second-order valence-electron chi connectivity index (χ2n) is 2.72. The highest BCUT2D eigenvalue weighted by Gasteiger charge is 2.05. The number of hydrogen-bond donors (Lipinski definition) is 4. The van der Waals surface area contributed by atoms with Gasteiger partial charge in [0.05, 0.1) is 0 Å². The molecular formula is C7H14N2O4. The molecule has 0 aromatic carbocycles. The summed E-state index contributed by atoms with van der Waals surface area (Å²) in [5.74, 6) is -3.65. The molecule has 0 unspecified atom stereocenters. The maximum atomic E-state index is 9.10. The van der Waals surface area contributed by atoms with E-state index in [0.29, 0.717) is 6.04 Å². The lowest BCUT2D eigenvalue weighted by Gasteiger charge is -2.17. The molecule has 0 amide bonds. The summed E-state index contributed by atoms with van der Waals surface area (Å²) >= 11 is 0. The fraction of sp³-hybridized carbons (Fsp3) is 0.714. The average molecular weight is 190 g/mol. The standard InChI is InChI=1S/C5H12N2.C2H2O4/c6-5-2-1-3-7-4-5;3-1(4)2(5)6/h5,7H,1-4,6H2;(H,3,4)(H,5,6)/t5-;/m1./s1. The lowest BCUT2D eigenvalue weighted by molar-refractivity contribution is -0.159. The number of aliphatic carboxylic acids is 2. The van der Waals surface area contributed by atoms with Gasteiger partial charge in [0.2, 0.25) is 0 Å². The van der Waals surface area contributed by atoms with Crippen LogP contribution < -0.4 is 11.1 Å². The number of carboxylic acids is 2. The van der Waals surface area contributed by atoms with Crippen LogP contribution in [0.4, 0.5) is 0 Å². The van der Waals surface area contributed by atoms with Crippen molar-refractivity contribution in [3.05, 3.63) is 0 Å². The van der Waals surface area contributed by atoms with Crippen molar-refractivity contribution in [1.82, 2.24) is 5.32 Å². The molecule has 6 nitrogen and oxygen atoms in total. The van der Waals surface area contributed by atoms with E-state index in [9.17, 15) is 0 Å². The molecular weight excluding hydrogens is 176 g/mol. The summed E-state index contributed by atoms with van der Waals surface area (Å²) in [6.07, 6.45) is 2.45. The van der Waals surface area contributed by atoms with Gasteiger partial charge in [-0.25, -0.2) is 9.59 Å². The largest absolute Gasteiger partial charge is 0.473 e. The molecule has 0 aromatic heterocycles. The molecule has 0 saturated carbocycles. The lowest BCUT2D eigenvalue weighted by Crippen LogP contribution is -2.39. The molecule has 1 rings (SSSR count). The second kappa shape index (κ2) is 6.38. The fourth-order valence-corrected chi connectivity index (χ4v) is 0.879. The van der Waals surface area contributed by atoms with Gasteiger partial charge in [-0.2, -0.15) is 0 Å². The normalized spacial score (nSPS) is 21.2. The van der Waals surface area contributed by atoms with Gasteiger partial charge < -0.3 is 21.3 Å². The monoisotopic (exact) mass is 190 g/mol. The highest BCUT2D eigenvalue weighted by Crippen LogP contribution is 1.96. The number of carboxylic acid groups (broad SMARTS) is 2. The third kappa shape index (κ3) is 7.23. The van der Waals surface area contributed by atoms with Gasteiger partial charge >= 0.3 is 11.9 Å². The third-order valence-electron chi connectivity index (χ3n) is 1.52. The summed E-state index contributed by atoms with van der Waals surface area (Å²) < 4.78 is 0. The Hall–Kier alpha value is -1.14. The van der Waals surface area contributed by atoms with Crippen LogP contribution in [0.15, 0.2) is 0 Å². The first-order chi connectivity index (χ1) is 6.04. The molecule has 13 heavy (non-hydrogen) atoms. The molecule has 5 N–H and O–H groups in total. The van der Waals surface area contributed by atoms with Crippen LogP contribution in [0, 0.1) is 0 Å². The molecule has 0 bridgehead atoms. The van der Waals surface area contributed by atoms with Crippen molar-refractivity contribution in [2.24, 2.45) is 5.73 Å². The smallest absolute Gasteiger partial charge is 0.414 e. The maximum absolute atomic E-state index is 9.10. The Morgan fingerprint density at radius 2 is 1.85 bits per heavy atom. The van der Waals surface area contributed by atoms with E-state index in [1.54, 1.807) is 0 Å². The van der Waals surface area contributed by atoms with E-state index in [0.717, 1.165) is 13.1 Å². The predicted molar refractivity (Wildman–Crippen MR) is 45.4 cm³/mol. The zero-order chi connectivity index (χ0) is 10.3. The van der Waals surface area contributed by atoms with Crippen molar-refractivity contribution in [1.29, 1.82) is 0 Å². The van der Waals surface area contributed by atoms with E-state index in [1.807, 2.05) is 0 Å². The highest BCUT2D eigenvalue weighted by molar-refractivity contribution is 6.27. The Morgan fingerprint density at radius 1 is 1.31 bits per heavy atom. The molecule has 1 heterocycles. The van der Waals surface area contributed by atoms with Gasteiger partial charge in [-0.1, -0.05) is 0 Å². The molecule has 1 atom stereocenters. The minimum Gasteiger partial charge on any atom is -0.473 e. The minimum absolute atomic E-state index is 0.425. The molecule has 1 aliphatic heterocycles. The molecule has 6 heteroatoms. The summed E-state index contributed by atoms with van der Waals surface area (Å²) in [7, 11) is 0. The summed E-state index contributed by atoms with van der Waals surface area (Å²) in [5.41, 5.74) is 5.57. The average Bonchev–Trinajstić information content (AvgIpc) is 2.06. The Balaban J connectivity index is 0.000000226. The quantitative estimate of drug-likeness (QED) is 0.359. The SMILES string of the molecule is N[C@@H]1CCCNC1.O=C(O)C(=O)O. The zero-order valence-corrected chi connectivity index (χ0v) is 7.19. The van der Waals surface area contributed by atoms with Gasteiger partial charge in [0, 0.05) is 12.6 Å². The first kappa shape index (κ1) is 11.9. The van der Waals surface area contributed by atoms with Gasteiger partial charge in [-0.05, 0) is 19.4 Å². The number of carbonyl (C=O) groups is 2. The first-order valence-electron chi connectivity index (χ1n) is 3.96. The van der Waals surface area contributed by atoms with Crippen LogP contribution in [0.3, 0.4) is 0 Å². The molecule has 76 valence electrons. The van der Waals surface area contributed by atoms with Crippen LogP contribution in [0.5, 0.6) is 0 Å². The van der Waals surface area contributed by atoms with Crippen LogP contribution in [0.1, 0.15) is 12.8 Å². The van der Waals surface area contributed by atoms with Crippen LogP contribution in [0.25, 0.3) is 0 Å². The van der Waals surface area contributed by atoms with Crippen molar-refractivity contribution in [3.63, 3.8) is 0 Å². The van der Waals surface area contributed by atoms with Crippen LogP contribution >= 0.6 is 0 Å². The van der Waals surface area contributed by atoms with E-state index < -0.39 is 11.9 Å². The molecule has 0 aliphatic carbocycles. The fourth-order valence-electron chi connectivity index (χ4n) is 0.879. The Labute approximate surface area is 75.7 Å². The van der Waals surface area contributed by atoms with E-state index in [1.165, 1.54) is 12.8 Å². The number of rotatable bonds is 0. The molecule has 1 aliphatic rings. The van der Waals surface area contributed by atoms with Gasteiger partial charge in [0.1, 0.15) is 0 Å². The summed E-state index contributed by atoms with van der Waals surface area (Å²) in [6.45, 7) is 2.17. The summed E-state index contributed by atoms with van der Waals surface area (Å²) in [5, 5.41) is 18.0. The Kier molecular flexibility index (Phi) is 5.82. The summed E-state index contributed by atoms with van der Waals surface area (Å²) in [4.78, 5) is 18.2. The van der Waals surface area contributed by atoms with E-state index in [-0.39, 0.29) is 0 Å². The third-order valence-corrected chi connectivity index (χ3v) is 1.52. The molecule has 1 saturated heterocycles. The molecule has 1 fully saturated rings. The Bertz CT molecular complexity index is 165. The number of piperidine rings is 1. The lowest BCUT2D eigenvalue weighted by atomic mass is 10.1. The van der Waals surface area contributed by atoms with Gasteiger partial charge in [-0.3, -0.25) is 0 Å². The van der Waals surface area contributed by atoms with Crippen LogP contribution in [-0.4, -0.2) is 41.3 Å². The van der Waals surface area contributed by atoms with Crippen molar-refractivity contribution in [2.45, 2.75) is 18.9 Å². The predicted octanol–water partition coefficient (Wildman–Crippen LogP) is -1.15.